The summed E-state index contributed by atoms with van der Waals surface area (Å²) in [6, 6.07) is -0.0711. The minimum absolute atomic E-state index is 0.0534. The van der Waals surface area contributed by atoms with Gasteiger partial charge in [0.1, 0.15) is 6.10 Å². The fourth-order valence-corrected chi connectivity index (χ4v) is 4.48. The van der Waals surface area contributed by atoms with E-state index in [1.54, 1.807) is 13.0 Å². The van der Waals surface area contributed by atoms with Crippen LogP contribution in [0.4, 0.5) is 0 Å². The SMILES string of the molecule is CCC1(O)CCOC(/C=C/C(C)=C/CC2OC(C)C(NC(=O)/C=C\C(C)OC(C)=O)CC2C)C1. The first-order valence-electron chi connectivity index (χ1n) is 12.5. The van der Waals surface area contributed by atoms with Gasteiger partial charge in [-0.05, 0) is 58.4 Å². The molecule has 0 saturated carbocycles. The van der Waals surface area contributed by atoms with Gasteiger partial charge >= 0.3 is 5.97 Å². The quantitative estimate of drug-likeness (QED) is 0.296. The molecule has 2 saturated heterocycles. The molecular formula is C27H43NO6. The second-order valence-corrected chi connectivity index (χ2v) is 9.87. The summed E-state index contributed by atoms with van der Waals surface area (Å²) in [5.74, 6) is -0.303. The molecular weight excluding hydrogens is 434 g/mol. The molecule has 0 bridgehead atoms. The molecule has 7 atom stereocenters. The van der Waals surface area contributed by atoms with E-state index in [0.29, 0.717) is 25.4 Å². The number of hydrogen-bond acceptors (Lipinski definition) is 6. The molecule has 2 aliphatic heterocycles. The van der Waals surface area contributed by atoms with Crippen molar-refractivity contribution in [1.29, 1.82) is 0 Å². The Hall–Kier alpha value is -1.96. The normalized spacial score (nSPS) is 33.7. The first kappa shape index (κ1) is 28.3. The van der Waals surface area contributed by atoms with Crippen molar-refractivity contribution >= 4 is 11.9 Å². The third kappa shape index (κ3) is 9.35. The lowest BCUT2D eigenvalue weighted by Crippen LogP contribution is -2.50. The molecule has 2 aliphatic rings. The lowest BCUT2D eigenvalue weighted by molar-refractivity contribution is -0.143. The molecule has 7 unspecified atom stereocenters. The number of nitrogens with one attached hydrogen (secondary N) is 1. The number of carbonyl (C=O) groups excluding carboxylic acids is 2. The van der Waals surface area contributed by atoms with E-state index in [-0.39, 0.29) is 36.2 Å². The van der Waals surface area contributed by atoms with Crippen LogP contribution in [-0.4, -0.2) is 59.6 Å². The Morgan fingerprint density at radius 3 is 2.68 bits per heavy atom. The van der Waals surface area contributed by atoms with Crippen molar-refractivity contribution in [3.8, 4) is 0 Å². The smallest absolute Gasteiger partial charge is 0.303 e. The lowest BCUT2D eigenvalue weighted by atomic mass is 9.87. The highest BCUT2D eigenvalue weighted by Crippen LogP contribution is 2.29. The van der Waals surface area contributed by atoms with Gasteiger partial charge in [-0.3, -0.25) is 9.59 Å². The predicted molar refractivity (Wildman–Crippen MR) is 132 cm³/mol. The fourth-order valence-electron chi connectivity index (χ4n) is 4.48. The van der Waals surface area contributed by atoms with Crippen molar-refractivity contribution in [2.24, 2.45) is 5.92 Å². The number of aliphatic hydroxyl groups is 1. The Labute approximate surface area is 204 Å². The van der Waals surface area contributed by atoms with Gasteiger partial charge in [-0.2, -0.15) is 0 Å². The van der Waals surface area contributed by atoms with Crippen molar-refractivity contribution in [2.75, 3.05) is 6.61 Å². The molecule has 2 rings (SSSR count). The van der Waals surface area contributed by atoms with Crippen molar-refractivity contribution in [3.63, 3.8) is 0 Å². The Morgan fingerprint density at radius 2 is 2.00 bits per heavy atom. The van der Waals surface area contributed by atoms with Crippen LogP contribution in [0.3, 0.4) is 0 Å². The number of ether oxygens (including phenoxy) is 3. The van der Waals surface area contributed by atoms with Gasteiger partial charge in [0.2, 0.25) is 5.91 Å². The molecule has 2 heterocycles. The summed E-state index contributed by atoms with van der Waals surface area (Å²) in [5.41, 5.74) is 0.523. The van der Waals surface area contributed by atoms with Crippen LogP contribution in [0.15, 0.2) is 36.0 Å². The zero-order valence-corrected chi connectivity index (χ0v) is 21.6. The monoisotopic (exact) mass is 477 g/mol. The van der Waals surface area contributed by atoms with Crippen LogP contribution in [-0.2, 0) is 23.8 Å². The Morgan fingerprint density at radius 1 is 1.26 bits per heavy atom. The zero-order valence-electron chi connectivity index (χ0n) is 21.6. The summed E-state index contributed by atoms with van der Waals surface area (Å²) < 4.78 is 17.0. The summed E-state index contributed by atoms with van der Waals surface area (Å²) in [5, 5.41) is 13.5. The maximum Gasteiger partial charge on any atom is 0.303 e. The molecule has 192 valence electrons. The first-order chi connectivity index (χ1) is 16.0. The molecule has 2 N–H and O–H groups in total. The summed E-state index contributed by atoms with van der Waals surface area (Å²) in [6.07, 6.45) is 12.5. The van der Waals surface area contributed by atoms with Gasteiger partial charge in [0.15, 0.2) is 0 Å². The van der Waals surface area contributed by atoms with Crippen LogP contribution < -0.4 is 5.32 Å². The maximum absolute atomic E-state index is 12.3. The number of esters is 1. The van der Waals surface area contributed by atoms with Crippen LogP contribution in [0.2, 0.25) is 0 Å². The summed E-state index contributed by atoms with van der Waals surface area (Å²) in [6.45, 7) is 11.9. The third-order valence-corrected chi connectivity index (χ3v) is 6.80. The standard InChI is InChI=1S/C27H43NO6/c1-7-27(31)14-15-32-23(17-27)11-8-18(2)9-12-25-19(3)16-24(21(5)34-25)28-26(30)13-10-20(4)33-22(6)29/h8-11,13,19-21,23-25,31H,7,12,14-17H2,1-6H3,(H,28,30)/b11-8+,13-10-,18-9+. The van der Waals surface area contributed by atoms with Crippen LogP contribution >= 0.6 is 0 Å². The van der Waals surface area contributed by atoms with Crippen molar-refractivity contribution in [3.05, 3.63) is 36.0 Å². The second kappa shape index (κ2) is 13.2. The Balaban J connectivity index is 1.82. The van der Waals surface area contributed by atoms with E-state index in [4.69, 9.17) is 14.2 Å². The maximum atomic E-state index is 12.3. The molecule has 1 amide bonds. The fraction of sp³-hybridized carbons (Fsp3) is 0.704. The molecule has 0 aromatic carbocycles. The first-order valence-corrected chi connectivity index (χ1v) is 12.5. The van der Waals surface area contributed by atoms with Crippen molar-refractivity contribution in [1.82, 2.24) is 5.32 Å². The minimum Gasteiger partial charge on any atom is -0.459 e. The van der Waals surface area contributed by atoms with Crippen LogP contribution in [0.1, 0.15) is 73.6 Å². The highest BCUT2D eigenvalue weighted by Gasteiger charge is 2.34. The van der Waals surface area contributed by atoms with E-state index in [2.05, 4.69) is 31.3 Å². The van der Waals surface area contributed by atoms with Gasteiger partial charge in [0.05, 0.1) is 36.6 Å². The van der Waals surface area contributed by atoms with Crippen molar-refractivity contribution < 1.29 is 28.9 Å². The molecule has 7 heteroatoms. The molecule has 7 nitrogen and oxygen atoms in total. The van der Waals surface area contributed by atoms with E-state index >= 15 is 0 Å². The molecule has 34 heavy (non-hydrogen) atoms. The molecule has 0 spiro atoms. The lowest BCUT2D eigenvalue weighted by Gasteiger charge is -2.39. The van der Waals surface area contributed by atoms with Gasteiger partial charge in [0.25, 0.3) is 0 Å². The molecule has 0 aliphatic carbocycles. The highest BCUT2D eigenvalue weighted by molar-refractivity contribution is 5.87. The largest absolute Gasteiger partial charge is 0.459 e. The number of amides is 1. The van der Waals surface area contributed by atoms with Gasteiger partial charge in [-0.25, -0.2) is 0 Å². The van der Waals surface area contributed by atoms with E-state index in [9.17, 15) is 14.7 Å². The average molecular weight is 478 g/mol. The topological polar surface area (TPSA) is 94.1 Å². The van der Waals surface area contributed by atoms with E-state index in [0.717, 1.165) is 24.8 Å². The van der Waals surface area contributed by atoms with Gasteiger partial charge < -0.3 is 24.6 Å². The van der Waals surface area contributed by atoms with Gasteiger partial charge in [-0.1, -0.05) is 37.6 Å². The average Bonchev–Trinajstić information content (AvgIpc) is 2.77. The predicted octanol–water partition coefficient (Wildman–Crippen LogP) is 4.01. The summed E-state index contributed by atoms with van der Waals surface area (Å²) in [4.78, 5) is 23.2. The molecule has 0 aromatic rings. The van der Waals surface area contributed by atoms with E-state index in [1.165, 1.54) is 13.0 Å². The van der Waals surface area contributed by atoms with Crippen LogP contribution in [0.5, 0.6) is 0 Å². The van der Waals surface area contributed by atoms with Crippen molar-refractivity contribution in [2.45, 2.75) is 110 Å². The minimum atomic E-state index is -0.616. The van der Waals surface area contributed by atoms with Gasteiger partial charge in [0, 0.05) is 19.4 Å². The van der Waals surface area contributed by atoms with Crippen LogP contribution in [0, 0.1) is 5.92 Å². The number of allylic oxidation sites excluding steroid dienone is 2. The van der Waals surface area contributed by atoms with E-state index in [1.807, 2.05) is 19.9 Å². The molecule has 2 fully saturated rings. The molecule has 0 radical (unpaired) electrons. The second-order valence-electron chi connectivity index (χ2n) is 9.87. The molecule has 0 aromatic heterocycles. The number of rotatable bonds is 9. The Kier molecular flexibility index (Phi) is 11.0. The zero-order chi connectivity index (χ0) is 25.3. The summed E-state index contributed by atoms with van der Waals surface area (Å²) in [7, 11) is 0. The Bertz CT molecular complexity index is 775. The number of carbonyl (C=O) groups is 2. The van der Waals surface area contributed by atoms with E-state index < -0.39 is 11.7 Å². The third-order valence-electron chi connectivity index (χ3n) is 6.80. The number of hydrogen-bond donors (Lipinski definition) is 2. The van der Waals surface area contributed by atoms with Gasteiger partial charge in [-0.15, -0.1) is 0 Å². The van der Waals surface area contributed by atoms with Crippen LogP contribution in [0.25, 0.3) is 0 Å². The summed E-state index contributed by atoms with van der Waals surface area (Å²) >= 11 is 0. The highest BCUT2D eigenvalue weighted by atomic mass is 16.5.